The quantitative estimate of drug-likeness (QED) is 0.0516. The normalized spacial score (nSPS) is 13.3. The van der Waals surface area contributed by atoms with Gasteiger partial charge in [0.25, 0.3) is 0 Å². The third kappa shape index (κ3) is 14.0. The number of Topliss-reactive ketones (excluding diaryl/α,β-unsaturated/α-hetero) is 2. The molecule has 0 fully saturated rings. The van der Waals surface area contributed by atoms with Crippen LogP contribution in [-0.2, 0) is 56.0 Å². The molecule has 0 saturated carbocycles. The third-order valence-electron chi connectivity index (χ3n) is 11.1. The zero-order valence-electron chi connectivity index (χ0n) is 36.8. The first-order valence-electron chi connectivity index (χ1n) is 20.4. The van der Waals surface area contributed by atoms with Crippen molar-refractivity contribution in [1.29, 1.82) is 0 Å². The fourth-order valence-electron chi connectivity index (χ4n) is 7.71. The van der Waals surface area contributed by atoms with E-state index >= 15 is 0 Å². The molecule has 0 spiro atoms. The van der Waals surface area contributed by atoms with Crippen LogP contribution in [0.4, 0.5) is 105 Å². The highest BCUT2D eigenvalue weighted by molar-refractivity contribution is 7.81. The van der Waals surface area contributed by atoms with Gasteiger partial charge in [-0.2, -0.15) is 144 Å². The Kier molecular flexibility index (Phi) is 16.6. The summed E-state index contributed by atoms with van der Waals surface area (Å²) in [6.07, 6.45) is -50.1. The van der Waals surface area contributed by atoms with Crippen LogP contribution in [0.1, 0.15) is 65.4 Å². The van der Waals surface area contributed by atoms with E-state index in [-0.39, 0.29) is 23.9 Å². The molecule has 0 unspecified atom stereocenters. The predicted octanol–water partition coefficient (Wildman–Crippen LogP) is 12.6. The molecule has 6 rings (SSSR count). The van der Waals surface area contributed by atoms with Gasteiger partial charge >= 0.3 is 49.4 Å². The highest BCUT2D eigenvalue weighted by Gasteiger charge is 2.47. The van der Waals surface area contributed by atoms with E-state index < -0.39 is 195 Å². The molecule has 30 heteroatoms. The number of thiol groups is 1. The molecule has 0 N–H and O–H groups in total. The lowest BCUT2D eigenvalue weighted by Crippen LogP contribution is -2.75. The number of ketones is 2. The van der Waals surface area contributed by atoms with Crippen LogP contribution in [0.2, 0.25) is 0 Å². The molecule has 0 radical (unpaired) electrons. The number of hydrogen-bond donors (Lipinski definition) is 1. The van der Waals surface area contributed by atoms with Gasteiger partial charge in [0.1, 0.15) is 6.15 Å². The second-order valence-corrected chi connectivity index (χ2v) is 16.5. The summed E-state index contributed by atoms with van der Waals surface area (Å²) in [5, 5.41) is 0. The molecule has 0 bridgehead atoms. The lowest BCUT2D eigenvalue weighted by molar-refractivity contribution is -0.683. The van der Waals surface area contributed by atoms with E-state index in [1.54, 1.807) is 29.1 Å². The minimum Gasteiger partial charge on any atom is -0.291 e. The molecular formula is C46H25BF24N2O2S. The van der Waals surface area contributed by atoms with Crippen molar-refractivity contribution in [2.45, 2.75) is 56.0 Å². The van der Waals surface area contributed by atoms with E-state index in [2.05, 4.69) is 17.6 Å². The predicted molar refractivity (Wildman–Crippen MR) is 223 cm³/mol. The first-order chi connectivity index (χ1) is 34.5. The van der Waals surface area contributed by atoms with Crippen LogP contribution in [0, 0.1) is 0 Å². The number of benzene rings is 5. The monoisotopic (exact) mass is 1140 g/mol. The molecule has 0 aliphatic carbocycles. The summed E-state index contributed by atoms with van der Waals surface area (Å²) >= 11 is 3.92. The molecular weight excluding hydrogens is 1110 g/mol. The Morgan fingerprint density at radius 1 is 0.408 bits per heavy atom. The third-order valence-corrected chi connectivity index (χ3v) is 11.3. The van der Waals surface area contributed by atoms with Gasteiger partial charge in [-0.15, -0.1) is 0 Å². The smallest absolute Gasteiger partial charge is 0.291 e. The van der Waals surface area contributed by atoms with Crippen LogP contribution < -0.4 is 26.4 Å². The molecule has 1 aromatic heterocycles. The minimum absolute atomic E-state index is 0.0129. The number of carbonyl (C=O) groups excluding carboxylic acids is 2. The molecule has 0 saturated heterocycles. The zero-order valence-corrected chi connectivity index (χ0v) is 37.7. The maximum absolute atomic E-state index is 14.2. The largest absolute Gasteiger partial charge is 0.416 e. The summed E-state index contributed by atoms with van der Waals surface area (Å²) in [6.45, 7) is 0.180. The Bertz CT molecular complexity index is 2660. The summed E-state index contributed by atoms with van der Waals surface area (Å²) in [5.41, 5.74) is -29.2. The molecule has 4 nitrogen and oxygen atoms in total. The summed E-state index contributed by atoms with van der Waals surface area (Å²) in [4.78, 5) is 27.5. The van der Waals surface area contributed by atoms with Gasteiger partial charge in [0.05, 0.1) is 56.5 Å². The maximum Gasteiger partial charge on any atom is 0.416 e. The van der Waals surface area contributed by atoms with Crippen molar-refractivity contribution >= 4 is 52.2 Å². The van der Waals surface area contributed by atoms with Crippen molar-refractivity contribution < 1.29 is 120 Å². The number of carbonyl (C=O) groups is 2. The highest BCUT2D eigenvalue weighted by atomic mass is 32.1. The average molecular weight is 1140 g/mol. The lowest BCUT2D eigenvalue weighted by Gasteiger charge is -2.46. The SMILES string of the molecule is FC(F)(F)c1cc([B-](c2cc(C(F)(F)F)cc(C(F)(F)F)c2)(c2cc(C(F)(F)F)cc(C(F)(F)F)c2)c2cc(C(F)(F)F)cc(C(F)(F)F)c2)cc(C(F)(F)F)c1.O=C(C[n+]1ccnc(C(=O)CS)c1)c1ccccc1. The van der Waals surface area contributed by atoms with Gasteiger partial charge in [-0.3, -0.25) is 9.59 Å². The Morgan fingerprint density at radius 2 is 0.671 bits per heavy atom. The first-order valence-corrected chi connectivity index (χ1v) is 21.0. The highest BCUT2D eigenvalue weighted by Crippen LogP contribution is 2.41. The van der Waals surface area contributed by atoms with E-state index in [1.165, 1.54) is 6.20 Å². The Balaban J connectivity index is 0.000000468. The number of halogens is 24. The molecule has 0 aliphatic heterocycles. The van der Waals surface area contributed by atoms with Crippen molar-refractivity contribution in [2.24, 2.45) is 0 Å². The zero-order chi connectivity index (χ0) is 57.6. The first kappa shape index (κ1) is 60.1. The molecule has 0 atom stereocenters. The van der Waals surface area contributed by atoms with E-state index in [4.69, 9.17) is 0 Å². The van der Waals surface area contributed by atoms with Crippen LogP contribution in [0.5, 0.6) is 0 Å². The van der Waals surface area contributed by atoms with Crippen molar-refractivity contribution in [1.82, 2.24) is 4.98 Å². The molecule has 6 aromatic rings. The van der Waals surface area contributed by atoms with Gasteiger partial charge in [0.2, 0.25) is 12.3 Å². The lowest BCUT2D eigenvalue weighted by atomic mass is 9.12. The maximum atomic E-state index is 14.2. The van der Waals surface area contributed by atoms with Crippen molar-refractivity contribution in [2.75, 3.05) is 5.75 Å². The van der Waals surface area contributed by atoms with Crippen molar-refractivity contribution in [3.05, 3.63) is 177 Å². The van der Waals surface area contributed by atoms with E-state index in [9.17, 15) is 115 Å². The summed E-state index contributed by atoms with van der Waals surface area (Å²) in [5.74, 6) is -0.0742. The summed E-state index contributed by atoms with van der Waals surface area (Å²) in [6, 6.07) is 0.226. The topological polar surface area (TPSA) is 50.9 Å². The van der Waals surface area contributed by atoms with Gasteiger partial charge < -0.3 is 0 Å². The second-order valence-electron chi connectivity index (χ2n) is 16.2. The number of rotatable bonds is 9. The van der Waals surface area contributed by atoms with Crippen LogP contribution in [0.3, 0.4) is 0 Å². The fraction of sp³-hybridized carbons (Fsp3) is 0.217. The van der Waals surface area contributed by atoms with Crippen LogP contribution >= 0.6 is 12.6 Å². The van der Waals surface area contributed by atoms with Crippen LogP contribution in [0.25, 0.3) is 0 Å². The van der Waals surface area contributed by atoms with Gasteiger partial charge in [-0.25, -0.2) is 4.98 Å². The van der Waals surface area contributed by atoms with Gasteiger partial charge in [0.15, 0.2) is 23.9 Å². The van der Waals surface area contributed by atoms with E-state index in [1.807, 2.05) is 18.2 Å². The summed E-state index contributed by atoms with van der Waals surface area (Å²) < 4.78 is 342. The Labute approximate surface area is 415 Å². The summed E-state index contributed by atoms with van der Waals surface area (Å²) in [7, 11) is 0. The number of nitrogens with zero attached hydrogens (tertiary/aromatic N) is 2. The second kappa shape index (κ2) is 21.0. The number of aromatic nitrogens is 2. The van der Waals surface area contributed by atoms with Gasteiger partial charge in [-0.1, -0.05) is 78.9 Å². The fourth-order valence-corrected chi connectivity index (χ4v) is 7.87. The van der Waals surface area contributed by atoms with Gasteiger partial charge in [-0.05, 0) is 24.3 Å². The van der Waals surface area contributed by atoms with Crippen LogP contribution in [-0.4, -0.2) is 28.4 Å². The van der Waals surface area contributed by atoms with E-state index in [0.717, 1.165) is 0 Å². The van der Waals surface area contributed by atoms with E-state index in [0.29, 0.717) is 11.3 Å². The minimum atomic E-state index is -6.13. The molecule has 408 valence electrons. The molecule has 1 heterocycles. The molecule has 0 amide bonds. The Hall–Kier alpha value is -6.75. The van der Waals surface area contributed by atoms with Crippen molar-refractivity contribution in [3.63, 3.8) is 0 Å². The molecule has 0 aliphatic rings. The van der Waals surface area contributed by atoms with Crippen LogP contribution in [0.15, 0.2) is 122 Å². The standard InChI is InChI=1S/C32H12BF24.C14H12N2O2S/c34-25(35,36)13-1-14(26(37,38)39)6-21(5-13)33(22-7-15(27(40,41)42)2-16(8-22)28(43,44)45,23-9-17(29(46,47)48)3-18(10-23)30(49,50)51)24-11-19(31(52,53)54)4-20(12-24)32(55,56)57;17-13(11-4-2-1-3-5-11)9-16-7-6-15-12(8-16)14(18)10-19/h1-12H;1-8H,9-10H2/q-1;/p+1. The van der Waals surface area contributed by atoms with Gasteiger partial charge in [0, 0.05) is 5.56 Å². The van der Waals surface area contributed by atoms with Crippen molar-refractivity contribution in [3.8, 4) is 0 Å². The number of alkyl halides is 24. The number of hydrogen-bond acceptors (Lipinski definition) is 4. The molecule has 76 heavy (non-hydrogen) atoms. The Morgan fingerprint density at radius 3 is 0.908 bits per heavy atom. The molecule has 5 aromatic carbocycles. The average Bonchev–Trinajstić information content (AvgIpc) is 3.29.